The maximum Gasteiger partial charge on any atom is 0.435 e. The molecule has 2 unspecified atom stereocenters. The van der Waals surface area contributed by atoms with Gasteiger partial charge in [0.05, 0.1) is 0 Å². The third-order valence-electron chi connectivity index (χ3n) is 4.79. The molecule has 0 spiro atoms. The predicted molar refractivity (Wildman–Crippen MR) is 68.8 cm³/mol. The first-order valence-electron chi connectivity index (χ1n) is 7.25. The Labute approximate surface area is 127 Å². The van der Waals surface area contributed by atoms with Crippen LogP contribution in [0.3, 0.4) is 0 Å². The Morgan fingerprint density at radius 2 is 1.57 bits per heavy atom. The van der Waals surface area contributed by atoms with Gasteiger partial charge < -0.3 is 5.32 Å². The van der Waals surface area contributed by atoms with Crippen molar-refractivity contribution in [2.24, 2.45) is 0 Å². The van der Waals surface area contributed by atoms with E-state index in [0.717, 1.165) is 24.6 Å². The molecular weight excluding hydrogens is 327 g/mol. The van der Waals surface area contributed by atoms with E-state index in [-0.39, 0.29) is 12.0 Å². The SMILES string of the molecule is FC(F)(F)C(F)(c1ccc2c(c1)CCC1NCCC21)C(F)(F)F. The van der Waals surface area contributed by atoms with E-state index in [1.165, 1.54) is 6.07 Å². The average Bonchev–Trinajstić information content (AvgIpc) is 2.92. The van der Waals surface area contributed by atoms with Crippen LogP contribution in [0.25, 0.3) is 0 Å². The Balaban J connectivity index is 2.07. The molecule has 2 atom stereocenters. The summed E-state index contributed by atoms with van der Waals surface area (Å²) < 4.78 is 91.1. The fraction of sp³-hybridized carbons (Fsp3) is 0.600. The predicted octanol–water partition coefficient (Wildman–Crippen LogP) is 4.37. The highest BCUT2D eigenvalue weighted by Crippen LogP contribution is 2.54. The second-order valence-electron chi connectivity index (χ2n) is 6.06. The van der Waals surface area contributed by atoms with Gasteiger partial charge in [-0.3, -0.25) is 0 Å². The fourth-order valence-corrected chi connectivity index (χ4v) is 3.64. The lowest BCUT2D eigenvalue weighted by Crippen LogP contribution is -2.50. The van der Waals surface area contributed by atoms with Gasteiger partial charge in [0, 0.05) is 17.5 Å². The highest BCUT2D eigenvalue weighted by atomic mass is 19.4. The van der Waals surface area contributed by atoms with Crippen LogP contribution in [-0.2, 0) is 12.1 Å². The summed E-state index contributed by atoms with van der Waals surface area (Å²) >= 11 is 0. The van der Waals surface area contributed by atoms with Crippen molar-refractivity contribution in [3.63, 3.8) is 0 Å². The lowest BCUT2D eigenvalue weighted by Gasteiger charge is -2.33. The molecule has 0 radical (unpaired) electrons. The summed E-state index contributed by atoms with van der Waals surface area (Å²) in [4.78, 5) is 0. The van der Waals surface area contributed by atoms with Gasteiger partial charge in [-0.15, -0.1) is 0 Å². The standard InChI is InChI=1S/C15H14F7N/c16-13(14(17,18)19,15(20,21)22)9-2-3-10-8(7-9)1-4-12-11(10)5-6-23-12/h2-3,7,11-12,23H,1,4-6H2. The molecule has 1 heterocycles. The highest BCUT2D eigenvalue weighted by Gasteiger charge is 2.73. The molecule has 0 saturated carbocycles. The fourth-order valence-electron chi connectivity index (χ4n) is 3.64. The van der Waals surface area contributed by atoms with E-state index in [1.807, 2.05) is 0 Å². The zero-order valence-electron chi connectivity index (χ0n) is 11.9. The van der Waals surface area contributed by atoms with E-state index in [2.05, 4.69) is 5.32 Å². The van der Waals surface area contributed by atoms with Crippen molar-refractivity contribution in [1.82, 2.24) is 5.32 Å². The van der Waals surface area contributed by atoms with Crippen molar-refractivity contribution < 1.29 is 30.7 Å². The van der Waals surface area contributed by atoms with Crippen LogP contribution in [0.2, 0.25) is 0 Å². The molecule has 8 heteroatoms. The lowest BCUT2D eigenvalue weighted by atomic mass is 9.78. The molecule has 2 aliphatic rings. The van der Waals surface area contributed by atoms with Gasteiger partial charge in [0.15, 0.2) is 0 Å². The zero-order chi connectivity index (χ0) is 17.0. The monoisotopic (exact) mass is 341 g/mol. The third-order valence-corrected chi connectivity index (χ3v) is 4.79. The first-order valence-corrected chi connectivity index (χ1v) is 7.25. The van der Waals surface area contributed by atoms with Crippen LogP contribution in [0.1, 0.15) is 35.4 Å². The molecule has 1 saturated heterocycles. The maximum atomic E-state index is 14.1. The minimum Gasteiger partial charge on any atom is -0.313 e. The van der Waals surface area contributed by atoms with E-state index >= 15 is 0 Å². The van der Waals surface area contributed by atoms with E-state index in [0.29, 0.717) is 24.5 Å². The number of nitrogens with one attached hydrogen (secondary N) is 1. The molecule has 0 aromatic heterocycles. The number of alkyl halides is 7. The quantitative estimate of drug-likeness (QED) is 0.748. The molecular formula is C15H14F7N. The summed E-state index contributed by atoms with van der Waals surface area (Å²) in [5, 5.41) is 3.26. The zero-order valence-corrected chi connectivity index (χ0v) is 11.9. The van der Waals surface area contributed by atoms with E-state index in [9.17, 15) is 30.7 Å². The summed E-state index contributed by atoms with van der Waals surface area (Å²) in [6, 6.07) is 2.78. The Bertz CT molecular complexity index is 591. The number of aryl methyl sites for hydroxylation is 1. The molecule has 1 aromatic carbocycles. The van der Waals surface area contributed by atoms with Crippen molar-refractivity contribution in [3.8, 4) is 0 Å². The highest BCUT2D eigenvalue weighted by molar-refractivity contribution is 5.41. The Hall–Kier alpha value is -1.31. The summed E-state index contributed by atoms with van der Waals surface area (Å²) in [5.41, 5.74) is -5.63. The molecule has 1 aliphatic carbocycles. The van der Waals surface area contributed by atoms with Crippen molar-refractivity contribution in [2.75, 3.05) is 6.54 Å². The van der Waals surface area contributed by atoms with Gasteiger partial charge >= 0.3 is 18.0 Å². The van der Waals surface area contributed by atoms with Gasteiger partial charge in [-0.1, -0.05) is 18.2 Å². The molecule has 23 heavy (non-hydrogen) atoms. The summed E-state index contributed by atoms with van der Waals surface area (Å²) in [6.45, 7) is 0.759. The van der Waals surface area contributed by atoms with Gasteiger partial charge in [-0.05, 0) is 36.9 Å². The van der Waals surface area contributed by atoms with Gasteiger partial charge in [-0.25, -0.2) is 4.39 Å². The molecule has 1 fully saturated rings. The van der Waals surface area contributed by atoms with Gasteiger partial charge in [0.2, 0.25) is 0 Å². The lowest BCUT2D eigenvalue weighted by molar-refractivity contribution is -0.348. The van der Waals surface area contributed by atoms with Crippen LogP contribution in [0.4, 0.5) is 30.7 Å². The number of hydrogen-bond acceptors (Lipinski definition) is 1. The van der Waals surface area contributed by atoms with Crippen molar-refractivity contribution >= 4 is 0 Å². The number of halogens is 7. The number of rotatable bonds is 1. The van der Waals surface area contributed by atoms with Crippen LogP contribution >= 0.6 is 0 Å². The van der Waals surface area contributed by atoms with Crippen molar-refractivity contribution in [3.05, 3.63) is 34.9 Å². The van der Waals surface area contributed by atoms with E-state index in [1.54, 1.807) is 0 Å². The molecule has 0 amide bonds. The van der Waals surface area contributed by atoms with Gasteiger partial charge in [0.25, 0.3) is 0 Å². The topological polar surface area (TPSA) is 12.0 Å². The van der Waals surface area contributed by atoms with Crippen LogP contribution in [-0.4, -0.2) is 24.9 Å². The summed E-state index contributed by atoms with van der Waals surface area (Å²) in [7, 11) is 0. The number of hydrogen-bond donors (Lipinski definition) is 1. The minimum absolute atomic E-state index is 0.0681. The summed E-state index contributed by atoms with van der Waals surface area (Å²) in [6.07, 6.45) is -10.4. The van der Waals surface area contributed by atoms with Crippen LogP contribution in [0.5, 0.6) is 0 Å². The van der Waals surface area contributed by atoms with Gasteiger partial charge in [-0.2, -0.15) is 26.3 Å². The largest absolute Gasteiger partial charge is 0.435 e. The smallest absolute Gasteiger partial charge is 0.313 e. The first-order chi connectivity index (χ1) is 10.6. The van der Waals surface area contributed by atoms with Crippen molar-refractivity contribution in [1.29, 1.82) is 0 Å². The molecule has 1 nitrogen and oxygen atoms in total. The van der Waals surface area contributed by atoms with Crippen LogP contribution in [0, 0.1) is 0 Å². The molecule has 3 rings (SSSR count). The summed E-state index contributed by atoms with van der Waals surface area (Å²) in [5.74, 6) is 0.0681. The number of benzene rings is 1. The third kappa shape index (κ3) is 2.42. The second-order valence-corrected chi connectivity index (χ2v) is 6.06. The molecule has 1 aromatic rings. The van der Waals surface area contributed by atoms with E-state index < -0.39 is 23.6 Å². The van der Waals surface area contributed by atoms with Crippen molar-refractivity contribution in [2.45, 2.75) is 49.2 Å². The Morgan fingerprint density at radius 3 is 2.17 bits per heavy atom. The minimum atomic E-state index is -6.06. The first kappa shape index (κ1) is 16.5. The molecule has 1 N–H and O–H groups in total. The normalized spacial score (nSPS) is 25.2. The number of fused-ring (bicyclic) bond motifs is 3. The van der Waals surface area contributed by atoms with Crippen LogP contribution in [0.15, 0.2) is 18.2 Å². The average molecular weight is 341 g/mol. The Kier molecular flexibility index (Phi) is 3.66. The Morgan fingerprint density at radius 1 is 0.913 bits per heavy atom. The van der Waals surface area contributed by atoms with E-state index in [4.69, 9.17) is 0 Å². The second kappa shape index (κ2) is 5.09. The van der Waals surface area contributed by atoms with Crippen LogP contribution < -0.4 is 5.32 Å². The molecule has 0 bridgehead atoms. The molecule has 128 valence electrons. The van der Waals surface area contributed by atoms with Gasteiger partial charge in [0.1, 0.15) is 0 Å². The molecule has 1 aliphatic heterocycles. The maximum absolute atomic E-state index is 14.1.